The van der Waals surface area contributed by atoms with E-state index in [1.807, 2.05) is 40.7 Å². The number of nitro groups is 1. The molecule has 0 unspecified atom stereocenters. The lowest BCUT2D eigenvalue weighted by Gasteiger charge is -2.19. The third-order valence-electron chi connectivity index (χ3n) is 4.53. The molecule has 0 bridgehead atoms. The third kappa shape index (κ3) is 5.21. The van der Waals surface area contributed by atoms with Crippen LogP contribution in [0.25, 0.3) is 10.9 Å². The molecule has 32 heavy (non-hydrogen) atoms. The molecule has 0 atom stereocenters. The summed E-state index contributed by atoms with van der Waals surface area (Å²) in [6, 6.07) is 9.92. The molecular weight excluding hydrogens is 476 g/mol. The van der Waals surface area contributed by atoms with Crippen LogP contribution in [0.5, 0.6) is 5.75 Å². The Bertz CT molecular complexity index is 1260. The van der Waals surface area contributed by atoms with Gasteiger partial charge in [0.15, 0.2) is 0 Å². The fraction of sp³-hybridized carbons (Fsp3) is 0.348. The van der Waals surface area contributed by atoms with Crippen LogP contribution in [0.3, 0.4) is 0 Å². The van der Waals surface area contributed by atoms with Gasteiger partial charge in [0.25, 0.3) is 5.56 Å². The second-order valence-corrected chi connectivity index (χ2v) is 9.87. The standard InChI is InChI=1S/C23H25BrN4O4/c1-14(2)21-26-18-10-9-16(24)11-17(18)22(29)27(21)25-12-15-7-6-8-19(28(30)31)20(15)32-13-23(3,4)5/h6-12,14H,13H2,1-5H3. The van der Waals surface area contributed by atoms with Gasteiger partial charge in [0, 0.05) is 22.0 Å². The van der Waals surface area contributed by atoms with E-state index in [2.05, 4.69) is 26.0 Å². The van der Waals surface area contributed by atoms with Crippen molar-refractivity contribution in [3.05, 3.63) is 72.7 Å². The van der Waals surface area contributed by atoms with E-state index in [1.54, 1.807) is 24.3 Å². The van der Waals surface area contributed by atoms with Crippen molar-refractivity contribution in [1.82, 2.24) is 9.66 Å². The maximum Gasteiger partial charge on any atom is 0.311 e. The molecule has 0 aliphatic carbocycles. The van der Waals surface area contributed by atoms with Gasteiger partial charge in [-0.15, -0.1) is 0 Å². The van der Waals surface area contributed by atoms with Crippen LogP contribution in [0, 0.1) is 15.5 Å². The molecule has 0 spiro atoms. The molecule has 1 heterocycles. The van der Waals surface area contributed by atoms with E-state index in [0.717, 1.165) is 4.47 Å². The second kappa shape index (κ2) is 9.20. The molecule has 9 heteroatoms. The molecular formula is C23H25BrN4O4. The Morgan fingerprint density at radius 3 is 2.62 bits per heavy atom. The van der Waals surface area contributed by atoms with Crippen LogP contribution in [-0.2, 0) is 0 Å². The number of rotatable bonds is 6. The highest BCUT2D eigenvalue weighted by Crippen LogP contribution is 2.31. The number of ether oxygens (including phenoxy) is 1. The largest absolute Gasteiger partial charge is 0.486 e. The average molecular weight is 501 g/mol. The van der Waals surface area contributed by atoms with Gasteiger partial charge in [-0.1, -0.05) is 56.6 Å². The number of hydrogen-bond acceptors (Lipinski definition) is 6. The first kappa shape index (κ1) is 23.6. The molecule has 0 saturated carbocycles. The zero-order valence-electron chi connectivity index (χ0n) is 18.6. The Morgan fingerprint density at radius 2 is 2.00 bits per heavy atom. The number of halogens is 1. The Balaban J connectivity index is 2.16. The SMILES string of the molecule is CC(C)c1nc2ccc(Br)cc2c(=O)n1N=Cc1cccc([N+](=O)[O-])c1OCC(C)(C)C. The number of benzene rings is 2. The summed E-state index contributed by atoms with van der Waals surface area (Å²) in [5.74, 6) is 0.532. The number of hydrogen-bond donors (Lipinski definition) is 0. The molecule has 2 aromatic carbocycles. The molecule has 0 fully saturated rings. The monoisotopic (exact) mass is 500 g/mol. The first-order valence-corrected chi connectivity index (χ1v) is 10.9. The smallest absolute Gasteiger partial charge is 0.311 e. The van der Waals surface area contributed by atoms with Crippen molar-refractivity contribution in [2.24, 2.45) is 10.5 Å². The minimum absolute atomic E-state index is 0.0744. The highest BCUT2D eigenvalue weighted by molar-refractivity contribution is 9.10. The summed E-state index contributed by atoms with van der Waals surface area (Å²) in [6.45, 7) is 10.0. The zero-order valence-corrected chi connectivity index (χ0v) is 20.2. The molecule has 0 radical (unpaired) electrons. The van der Waals surface area contributed by atoms with Crippen molar-refractivity contribution >= 4 is 38.7 Å². The number of fused-ring (bicyclic) bond motifs is 1. The maximum absolute atomic E-state index is 13.2. The summed E-state index contributed by atoms with van der Waals surface area (Å²) >= 11 is 3.38. The Kier molecular flexibility index (Phi) is 6.78. The summed E-state index contributed by atoms with van der Waals surface area (Å²) < 4.78 is 7.83. The van der Waals surface area contributed by atoms with Crippen LogP contribution >= 0.6 is 15.9 Å². The van der Waals surface area contributed by atoms with Crippen molar-refractivity contribution in [2.75, 3.05) is 6.61 Å². The lowest BCUT2D eigenvalue weighted by molar-refractivity contribution is -0.386. The minimum Gasteiger partial charge on any atom is -0.486 e. The number of nitrogens with zero attached hydrogens (tertiary/aromatic N) is 4. The van der Waals surface area contributed by atoms with Gasteiger partial charge in [-0.25, -0.2) is 4.98 Å². The predicted octanol–water partition coefficient (Wildman–Crippen LogP) is 5.50. The first-order valence-electron chi connectivity index (χ1n) is 10.1. The van der Waals surface area contributed by atoms with Crippen LogP contribution in [-0.4, -0.2) is 27.4 Å². The van der Waals surface area contributed by atoms with Crippen molar-refractivity contribution in [2.45, 2.75) is 40.5 Å². The van der Waals surface area contributed by atoms with Crippen molar-refractivity contribution < 1.29 is 9.66 Å². The van der Waals surface area contributed by atoms with Gasteiger partial charge in [-0.2, -0.15) is 9.78 Å². The van der Waals surface area contributed by atoms with E-state index in [1.165, 1.54) is 17.0 Å². The molecule has 3 rings (SSSR count). The van der Waals surface area contributed by atoms with Gasteiger partial charge in [-0.3, -0.25) is 14.9 Å². The Labute approximate surface area is 194 Å². The van der Waals surface area contributed by atoms with Gasteiger partial charge < -0.3 is 4.74 Å². The van der Waals surface area contributed by atoms with E-state index in [0.29, 0.717) is 22.3 Å². The van der Waals surface area contributed by atoms with Crippen molar-refractivity contribution in [1.29, 1.82) is 0 Å². The van der Waals surface area contributed by atoms with Gasteiger partial charge in [-0.05, 0) is 29.7 Å². The van der Waals surface area contributed by atoms with Crippen LogP contribution in [0.15, 0.2) is 50.8 Å². The van der Waals surface area contributed by atoms with Crippen molar-refractivity contribution in [3.8, 4) is 5.75 Å². The summed E-state index contributed by atoms with van der Waals surface area (Å²) in [4.78, 5) is 28.9. The molecule has 0 amide bonds. The van der Waals surface area contributed by atoms with Crippen LogP contribution in [0.2, 0.25) is 0 Å². The van der Waals surface area contributed by atoms with E-state index in [-0.39, 0.29) is 34.9 Å². The molecule has 168 valence electrons. The Morgan fingerprint density at radius 1 is 1.28 bits per heavy atom. The average Bonchev–Trinajstić information content (AvgIpc) is 2.71. The Hall–Kier alpha value is -3.07. The van der Waals surface area contributed by atoms with Gasteiger partial charge >= 0.3 is 5.69 Å². The quantitative estimate of drug-likeness (QED) is 0.252. The van der Waals surface area contributed by atoms with Gasteiger partial charge in [0.1, 0.15) is 5.82 Å². The highest BCUT2D eigenvalue weighted by Gasteiger charge is 2.21. The summed E-state index contributed by atoms with van der Waals surface area (Å²) in [5, 5.41) is 16.4. The third-order valence-corrected chi connectivity index (χ3v) is 5.03. The van der Waals surface area contributed by atoms with Crippen LogP contribution < -0.4 is 10.3 Å². The van der Waals surface area contributed by atoms with E-state index in [4.69, 9.17) is 4.74 Å². The number of nitro benzene ring substituents is 1. The molecule has 1 aromatic heterocycles. The zero-order chi connectivity index (χ0) is 23.6. The lowest BCUT2D eigenvalue weighted by atomic mass is 9.98. The van der Waals surface area contributed by atoms with Crippen LogP contribution in [0.1, 0.15) is 51.9 Å². The number of aromatic nitrogens is 2. The van der Waals surface area contributed by atoms with Gasteiger partial charge in [0.05, 0.1) is 28.6 Å². The predicted molar refractivity (Wildman–Crippen MR) is 129 cm³/mol. The molecule has 8 nitrogen and oxygen atoms in total. The molecule has 3 aromatic rings. The summed E-state index contributed by atoms with van der Waals surface area (Å²) in [7, 11) is 0. The van der Waals surface area contributed by atoms with E-state index >= 15 is 0 Å². The second-order valence-electron chi connectivity index (χ2n) is 8.95. The highest BCUT2D eigenvalue weighted by atomic mass is 79.9. The van der Waals surface area contributed by atoms with E-state index in [9.17, 15) is 14.9 Å². The first-order chi connectivity index (χ1) is 15.0. The minimum atomic E-state index is -0.490. The molecule has 0 aliphatic heterocycles. The topological polar surface area (TPSA) is 99.6 Å². The lowest BCUT2D eigenvalue weighted by Crippen LogP contribution is -2.23. The summed E-state index contributed by atoms with van der Waals surface area (Å²) in [5.41, 5.74) is 0.307. The fourth-order valence-electron chi connectivity index (χ4n) is 3.00. The maximum atomic E-state index is 13.2. The normalized spacial score (nSPS) is 12.1. The molecule has 0 N–H and O–H groups in total. The summed E-state index contributed by atoms with van der Waals surface area (Å²) in [6.07, 6.45) is 1.41. The molecule has 0 aliphatic rings. The molecule has 0 saturated heterocycles. The van der Waals surface area contributed by atoms with E-state index < -0.39 is 4.92 Å². The van der Waals surface area contributed by atoms with Crippen molar-refractivity contribution in [3.63, 3.8) is 0 Å². The van der Waals surface area contributed by atoms with Crippen LogP contribution in [0.4, 0.5) is 5.69 Å². The van der Waals surface area contributed by atoms with Gasteiger partial charge in [0.2, 0.25) is 5.75 Å². The fourth-order valence-corrected chi connectivity index (χ4v) is 3.37. The number of para-hydroxylation sites is 1.